The number of fused-ring (bicyclic) bond motifs is 1. The summed E-state index contributed by atoms with van der Waals surface area (Å²) in [6.45, 7) is 5.34. The molecular formula is C18H23N3O3. The lowest BCUT2D eigenvalue weighted by atomic mass is 10.1. The zero-order valence-electron chi connectivity index (χ0n) is 14.1. The Morgan fingerprint density at radius 1 is 1.29 bits per heavy atom. The Balaban J connectivity index is 1.68. The fourth-order valence-electron chi connectivity index (χ4n) is 2.68. The van der Waals surface area contributed by atoms with Crippen molar-refractivity contribution >= 4 is 5.91 Å². The maximum absolute atomic E-state index is 12.3. The molecule has 0 aliphatic carbocycles. The number of H-pyrrole nitrogens is 1. The van der Waals surface area contributed by atoms with Crippen LogP contribution in [0.1, 0.15) is 54.5 Å². The van der Waals surface area contributed by atoms with Gasteiger partial charge in [0.25, 0.3) is 5.91 Å². The number of carbonyl (C=O) groups is 1. The van der Waals surface area contributed by atoms with Crippen molar-refractivity contribution in [2.75, 3.05) is 13.2 Å². The van der Waals surface area contributed by atoms with E-state index in [9.17, 15) is 4.79 Å². The molecule has 1 unspecified atom stereocenters. The molecule has 6 heteroatoms. The van der Waals surface area contributed by atoms with Gasteiger partial charge >= 0.3 is 0 Å². The van der Waals surface area contributed by atoms with Gasteiger partial charge in [0.1, 0.15) is 5.69 Å². The van der Waals surface area contributed by atoms with Crippen molar-refractivity contribution in [1.82, 2.24) is 15.5 Å². The van der Waals surface area contributed by atoms with Gasteiger partial charge in [-0.2, -0.15) is 5.10 Å². The number of aryl methyl sites for hydroxylation is 1. The largest absolute Gasteiger partial charge is 0.490 e. The summed E-state index contributed by atoms with van der Waals surface area (Å²) in [5, 5.41) is 9.96. The summed E-state index contributed by atoms with van der Waals surface area (Å²) in [7, 11) is 0. The molecule has 3 rings (SSSR count). The molecule has 1 aromatic carbocycles. The SMILES string of the molecule is CCCc1cc(C(=O)NC(C)c2ccc3c(c2)OCCCO3)n[nH]1. The Morgan fingerprint density at radius 2 is 2.08 bits per heavy atom. The van der Waals surface area contributed by atoms with E-state index < -0.39 is 0 Å². The first-order chi connectivity index (χ1) is 11.7. The molecule has 1 aliphatic heterocycles. The molecular weight excluding hydrogens is 306 g/mol. The number of ether oxygens (including phenoxy) is 2. The van der Waals surface area contributed by atoms with E-state index in [0.29, 0.717) is 18.9 Å². The van der Waals surface area contributed by atoms with Gasteiger partial charge in [-0.3, -0.25) is 9.89 Å². The maximum atomic E-state index is 12.3. The lowest BCUT2D eigenvalue weighted by molar-refractivity contribution is 0.0934. The van der Waals surface area contributed by atoms with E-state index in [1.807, 2.05) is 25.1 Å². The van der Waals surface area contributed by atoms with Gasteiger partial charge in [0, 0.05) is 12.1 Å². The molecule has 128 valence electrons. The third kappa shape index (κ3) is 3.69. The molecule has 1 atom stereocenters. The molecule has 1 aliphatic rings. The number of nitrogens with zero attached hydrogens (tertiary/aromatic N) is 1. The van der Waals surface area contributed by atoms with Crippen LogP contribution >= 0.6 is 0 Å². The molecule has 2 aromatic rings. The van der Waals surface area contributed by atoms with E-state index in [0.717, 1.165) is 42.0 Å². The van der Waals surface area contributed by atoms with E-state index in [1.54, 1.807) is 6.07 Å². The average molecular weight is 329 g/mol. The van der Waals surface area contributed by atoms with Gasteiger partial charge in [-0.1, -0.05) is 19.4 Å². The number of benzene rings is 1. The van der Waals surface area contributed by atoms with Crippen molar-refractivity contribution in [1.29, 1.82) is 0 Å². The third-order valence-electron chi connectivity index (χ3n) is 4.00. The summed E-state index contributed by atoms with van der Waals surface area (Å²) in [6, 6.07) is 7.43. The molecule has 1 aromatic heterocycles. The van der Waals surface area contributed by atoms with Crippen molar-refractivity contribution in [2.45, 2.75) is 39.2 Å². The number of hydrogen-bond donors (Lipinski definition) is 2. The fourth-order valence-corrected chi connectivity index (χ4v) is 2.68. The van der Waals surface area contributed by atoms with Gasteiger partial charge in [-0.25, -0.2) is 0 Å². The van der Waals surface area contributed by atoms with Gasteiger partial charge in [0.05, 0.1) is 19.3 Å². The van der Waals surface area contributed by atoms with Crippen LogP contribution in [0.15, 0.2) is 24.3 Å². The van der Waals surface area contributed by atoms with Crippen molar-refractivity contribution < 1.29 is 14.3 Å². The first kappa shape index (κ1) is 16.4. The number of nitrogens with one attached hydrogen (secondary N) is 2. The second-order valence-electron chi connectivity index (χ2n) is 5.98. The number of carbonyl (C=O) groups excluding carboxylic acids is 1. The molecule has 2 N–H and O–H groups in total. The summed E-state index contributed by atoms with van der Waals surface area (Å²) >= 11 is 0. The smallest absolute Gasteiger partial charge is 0.272 e. The van der Waals surface area contributed by atoms with Crippen LogP contribution in [0.3, 0.4) is 0 Å². The minimum Gasteiger partial charge on any atom is -0.490 e. The quantitative estimate of drug-likeness (QED) is 0.884. The zero-order chi connectivity index (χ0) is 16.9. The van der Waals surface area contributed by atoms with Gasteiger partial charge in [0.2, 0.25) is 0 Å². The van der Waals surface area contributed by atoms with Gasteiger partial charge in [-0.05, 0) is 37.1 Å². The van der Waals surface area contributed by atoms with Crippen molar-refractivity contribution in [3.63, 3.8) is 0 Å². The number of amides is 1. The number of aromatic amines is 1. The molecule has 24 heavy (non-hydrogen) atoms. The zero-order valence-corrected chi connectivity index (χ0v) is 14.1. The van der Waals surface area contributed by atoms with E-state index >= 15 is 0 Å². The minimum absolute atomic E-state index is 0.152. The second kappa shape index (κ2) is 7.38. The Bertz CT molecular complexity index is 711. The Morgan fingerprint density at radius 3 is 2.88 bits per heavy atom. The van der Waals surface area contributed by atoms with Crippen LogP contribution < -0.4 is 14.8 Å². The third-order valence-corrected chi connectivity index (χ3v) is 4.00. The minimum atomic E-state index is -0.187. The average Bonchev–Trinajstić information content (AvgIpc) is 2.92. The number of aromatic nitrogens is 2. The van der Waals surface area contributed by atoms with Crippen LogP contribution in [0, 0.1) is 0 Å². The van der Waals surface area contributed by atoms with Crippen LogP contribution in [-0.4, -0.2) is 29.3 Å². The topological polar surface area (TPSA) is 76.2 Å². The summed E-state index contributed by atoms with van der Waals surface area (Å²) in [4.78, 5) is 12.3. The predicted octanol–water partition coefficient (Wildman–Crippen LogP) is 3.01. The highest BCUT2D eigenvalue weighted by Gasteiger charge is 2.17. The molecule has 0 fully saturated rings. The van der Waals surface area contributed by atoms with Crippen molar-refractivity contribution in [2.24, 2.45) is 0 Å². The van der Waals surface area contributed by atoms with Crippen molar-refractivity contribution in [3.8, 4) is 11.5 Å². The maximum Gasteiger partial charge on any atom is 0.272 e. The molecule has 0 radical (unpaired) electrons. The van der Waals surface area contributed by atoms with Crippen LogP contribution in [0.5, 0.6) is 11.5 Å². The summed E-state index contributed by atoms with van der Waals surface area (Å²) in [6.07, 6.45) is 2.77. The highest BCUT2D eigenvalue weighted by Crippen LogP contribution is 2.32. The Hall–Kier alpha value is -2.50. The predicted molar refractivity (Wildman–Crippen MR) is 90.5 cm³/mol. The number of rotatable bonds is 5. The molecule has 0 spiro atoms. The Labute approximate surface area is 141 Å². The summed E-state index contributed by atoms with van der Waals surface area (Å²) in [5.41, 5.74) is 2.36. The Kier molecular flexibility index (Phi) is 5.03. The van der Waals surface area contributed by atoms with Crippen LogP contribution in [0.2, 0.25) is 0 Å². The first-order valence-corrected chi connectivity index (χ1v) is 8.42. The molecule has 2 heterocycles. The lowest BCUT2D eigenvalue weighted by Crippen LogP contribution is -2.27. The highest BCUT2D eigenvalue weighted by molar-refractivity contribution is 5.92. The van der Waals surface area contributed by atoms with Crippen molar-refractivity contribution in [3.05, 3.63) is 41.2 Å². The molecule has 6 nitrogen and oxygen atoms in total. The second-order valence-corrected chi connectivity index (χ2v) is 5.98. The molecule has 1 amide bonds. The van der Waals surface area contributed by atoms with E-state index in [1.165, 1.54) is 0 Å². The van der Waals surface area contributed by atoms with Crippen LogP contribution in [-0.2, 0) is 6.42 Å². The van der Waals surface area contributed by atoms with Gasteiger partial charge in [0.15, 0.2) is 11.5 Å². The lowest BCUT2D eigenvalue weighted by Gasteiger charge is -2.16. The molecule has 0 saturated heterocycles. The fraction of sp³-hybridized carbons (Fsp3) is 0.444. The summed E-state index contributed by atoms with van der Waals surface area (Å²) in [5.74, 6) is 1.30. The standard InChI is InChI=1S/C18H23N3O3/c1-3-5-14-11-15(21-20-14)18(22)19-12(2)13-6-7-16-17(10-13)24-9-4-8-23-16/h6-7,10-12H,3-5,8-9H2,1-2H3,(H,19,22)(H,20,21). The monoisotopic (exact) mass is 329 g/mol. The summed E-state index contributed by atoms with van der Waals surface area (Å²) < 4.78 is 11.3. The van der Waals surface area contributed by atoms with Crippen LogP contribution in [0.4, 0.5) is 0 Å². The highest BCUT2D eigenvalue weighted by atomic mass is 16.5. The molecule has 0 bridgehead atoms. The van der Waals surface area contributed by atoms with Crippen LogP contribution in [0.25, 0.3) is 0 Å². The number of hydrogen-bond acceptors (Lipinski definition) is 4. The first-order valence-electron chi connectivity index (χ1n) is 8.42. The van der Waals surface area contributed by atoms with E-state index in [4.69, 9.17) is 9.47 Å². The van der Waals surface area contributed by atoms with E-state index in [-0.39, 0.29) is 11.9 Å². The normalized spacial score (nSPS) is 14.8. The van der Waals surface area contributed by atoms with E-state index in [2.05, 4.69) is 22.4 Å². The van der Waals surface area contributed by atoms with Gasteiger partial charge in [-0.15, -0.1) is 0 Å². The molecule has 0 saturated carbocycles. The van der Waals surface area contributed by atoms with Gasteiger partial charge < -0.3 is 14.8 Å².